The highest BCUT2D eigenvalue weighted by Crippen LogP contribution is 2.32. The Kier molecular flexibility index (Phi) is 3.63. The van der Waals surface area contributed by atoms with Crippen molar-refractivity contribution in [1.82, 2.24) is 9.97 Å². The molecule has 0 aliphatic carbocycles. The molecule has 0 fully saturated rings. The first kappa shape index (κ1) is 13.0. The summed E-state index contributed by atoms with van der Waals surface area (Å²) in [6.45, 7) is 1.92. The summed E-state index contributed by atoms with van der Waals surface area (Å²) in [7, 11) is -3.55. The van der Waals surface area contributed by atoms with E-state index in [0.29, 0.717) is 17.1 Å². The van der Waals surface area contributed by atoms with Crippen molar-refractivity contribution in [3.05, 3.63) is 29.3 Å². The zero-order valence-corrected chi connectivity index (χ0v) is 11.6. The molecule has 5 nitrogen and oxygen atoms in total. The Hall–Kier alpha value is -1.47. The molecule has 0 radical (unpaired) electrons. The van der Waals surface area contributed by atoms with E-state index in [9.17, 15) is 8.42 Å². The molecule has 0 saturated carbocycles. The van der Waals surface area contributed by atoms with Crippen molar-refractivity contribution < 1.29 is 12.6 Å². The SMILES string of the molecule is CCc1sc(-c2ccccn2)nc1OS(C)(=O)=O. The topological polar surface area (TPSA) is 69.2 Å². The van der Waals surface area contributed by atoms with Gasteiger partial charge in [-0.25, -0.2) is 0 Å². The lowest BCUT2D eigenvalue weighted by Gasteiger charge is -1.99. The van der Waals surface area contributed by atoms with Gasteiger partial charge in [-0.05, 0) is 18.6 Å². The molecule has 0 atom stereocenters. The summed E-state index contributed by atoms with van der Waals surface area (Å²) < 4.78 is 27.2. The van der Waals surface area contributed by atoms with E-state index in [4.69, 9.17) is 4.18 Å². The van der Waals surface area contributed by atoms with Gasteiger partial charge in [-0.1, -0.05) is 13.0 Å². The minimum absolute atomic E-state index is 0.158. The van der Waals surface area contributed by atoms with Crippen LogP contribution in [0, 0.1) is 0 Å². The smallest absolute Gasteiger partial charge is 0.307 e. The standard InChI is InChI=1S/C11H12N2O3S2/c1-3-9-10(16-18(2,14)15)13-11(17-9)8-6-4-5-7-12-8/h4-7H,3H2,1-2H3. The van der Waals surface area contributed by atoms with Crippen molar-refractivity contribution >= 4 is 21.5 Å². The first-order valence-electron chi connectivity index (χ1n) is 5.30. The Morgan fingerprint density at radius 1 is 1.39 bits per heavy atom. The number of rotatable bonds is 4. The Morgan fingerprint density at radius 3 is 2.72 bits per heavy atom. The number of nitrogens with zero attached hydrogens (tertiary/aromatic N) is 2. The average Bonchev–Trinajstić information content (AvgIpc) is 2.71. The molecular weight excluding hydrogens is 272 g/mol. The number of pyridine rings is 1. The van der Waals surface area contributed by atoms with Crippen molar-refractivity contribution in [1.29, 1.82) is 0 Å². The van der Waals surface area contributed by atoms with Crippen molar-refractivity contribution in [2.75, 3.05) is 6.26 Å². The molecule has 0 saturated heterocycles. The fraction of sp³-hybridized carbons (Fsp3) is 0.273. The maximum Gasteiger partial charge on any atom is 0.307 e. The molecule has 0 aliphatic heterocycles. The Balaban J connectivity index is 2.41. The van der Waals surface area contributed by atoms with Gasteiger partial charge < -0.3 is 4.18 Å². The van der Waals surface area contributed by atoms with Crippen LogP contribution >= 0.6 is 11.3 Å². The molecule has 0 N–H and O–H groups in total. The predicted octanol–water partition coefficient (Wildman–Crippen LogP) is 2.11. The first-order valence-corrected chi connectivity index (χ1v) is 7.93. The maximum absolute atomic E-state index is 11.1. The van der Waals surface area contributed by atoms with E-state index in [0.717, 1.165) is 11.1 Å². The molecular formula is C11H12N2O3S2. The van der Waals surface area contributed by atoms with Gasteiger partial charge in [-0.15, -0.1) is 11.3 Å². The summed E-state index contributed by atoms with van der Waals surface area (Å²) in [6.07, 6.45) is 3.33. The largest absolute Gasteiger partial charge is 0.361 e. The molecule has 0 aromatic carbocycles. The molecule has 2 heterocycles. The predicted molar refractivity (Wildman–Crippen MR) is 70.2 cm³/mol. The molecule has 2 aromatic rings. The molecule has 2 rings (SSSR count). The highest BCUT2D eigenvalue weighted by molar-refractivity contribution is 7.86. The van der Waals surface area contributed by atoms with E-state index in [-0.39, 0.29) is 5.88 Å². The monoisotopic (exact) mass is 284 g/mol. The van der Waals surface area contributed by atoms with E-state index < -0.39 is 10.1 Å². The van der Waals surface area contributed by atoms with Gasteiger partial charge in [0.2, 0.25) is 5.88 Å². The van der Waals surface area contributed by atoms with E-state index in [1.807, 2.05) is 25.1 Å². The lowest BCUT2D eigenvalue weighted by molar-refractivity contribution is 0.482. The van der Waals surface area contributed by atoms with Gasteiger partial charge in [0, 0.05) is 6.20 Å². The van der Waals surface area contributed by atoms with E-state index in [1.165, 1.54) is 11.3 Å². The quantitative estimate of drug-likeness (QED) is 0.804. The lowest BCUT2D eigenvalue weighted by Crippen LogP contribution is -2.07. The normalized spacial score (nSPS) is 11.4. The summed E-state index contributed by atoms with van der Waals surface area (Å²) in [4.78, 5) is 9.16. The van der Waals surface area contributed by atoms with Crippen LogP contribution < -0.4 is 4.18 Å². The van der Waals surface area contributed by atoms with Crippen LogP contribution in [0.5, 0.6) is 5.88 Å². The van der Waals surface area contributed by atoms with Gasteiger partial charge in [0.15, 0.2) is 0 Å². The fourth-order valence-electron chi connectivity index (χ4n) is 1.37. The summed E-state index contributed by atoms with van der Waals surface area (Å²) in [5, 5.41) is 0.658. The van der Waals surface area contributed by atoms with Crippen LogP contribution in [0.2, 0.25) is 0 Å². The minimum Gasteiger partial charge on any atom is -0.361 e. The molecule has 0 bridgehead atoms. The average molecular weight is 284 g/mol. The third-order valence-electron chi connectivity index (χ3n) is 2.10. The van der Waals surface area contributed by atoms with Gasteiger partial charge in [0.05, 0.1) is 16.8 Å². The van der Waals surface area contributed by atoms with Crippen molar-refractivity contribution in [3.8, 4) is 16.6 Å². The maximum atomic E-state index is 11.1. The Morgan fingerprint density at radius 2 is 2.17 bits per heavy atom. The molecule has 18 heavy (non-hydrogen) atoms. The van der Waals surface area contributed by atoms with Crippen LogP contribution in [0.1, 0.15) is 11.8 Å². The fourth-order valence-corrected chi connectivity index (χ4v) is 2.75. The van der Waals surface area contributed by atoms with Gasteiger partial charge in [-0.3, -0.25) is 4.98 Å². The minimum atomic E-state index is -3.55. The van der Waals surface area contributed by atoms with Gasteiger partial charge in [-0.2, -0.15) is 13.4 Å². The van der Waals surface area contributed by atoms with Crippen LogP contribution in [-0.2, 0) is 16.5 Å². The van der Waals surface area contributed by atoms with Crippen LogP contribution in [0.3, 0.4) is 0 Å². The number of thiazole rings is 1. The molecule has 0 aliphatic rings. The third kappa shape index (κ3) is 3.05. The first-order chi connectivity index (χ1) is 8.49. The number of hydrogen-bond donors (Lipinski definition) is 0. The van der Waals surface area contributed by atoms with Gasteiger partial charge >= 0.3 is 10.1 Å². The van der Waals surface area contributed by atoms with E-state index >= 15 is 0 Å². The second kappa shape index (κ2) is 5.03. The van der Waals surface area contributed by atoms with E-state index in [1.54, 1.807) is 6.20 Å². The lowest BCUT2D eigenvalue weighted by atomic mass is 10.4. The highest BCUT2D eigenvalue weighted by Gasteiger charge is 2.16. The molecule has 0 spiro atoms. The van der Waals surface area contributed by atoms with Crippen LogP contribution in [0.15, 0.2) is 24.4 Å². The summed E-state index contributed by atoms with van der Waals surface area (Å²) in [5.41, 5.74) is 0.709. The molecule has 0 unspecified atom stereocenters. The van der Waals surface area contributed by atoms with Crippen LogP contribution in [0.25, 0.3) is 10.7 Å². The molecule has 7 heteroatoms. The Labute approximate surface area is 110 Å². The van der Waals surface area contributed by atoms with Crippen LogP contribution in [-0.4, -0.2) is 24.6 Å². The third-order valence-corrected chi connectivity index (χ3v) is 3.76. The van der Waals surface area contributed by atoms with Crippen molar-refractivity contribution in [2.24, 2.45) is 0 Å². The highest BCUT2D eigenvalue weighted by atomic mass is 32.2. The summed E-state index contributed by atoms with van der Waals surface area (Å²) >= 11 is 1.39. The summed E-state index contributed by atoms with van der Waals surface area (Å²) in [6, 6.07) is 5.49. The number of hydrogen-bond acceptors (Lipinski definition) is 6. The molecule has 2 aromatic heterocycles. The molecule has 0 amide bonds. The van der Waals surface area contributed by atoms with E-state index in [2.05, 4.69) is 9.97 Å². The summed E-state index contributed by atoms with van der Waals surface area (Å²) in [5.74, 6) is 0.158. The zero-order valence-electron chi connectivity index (χ0n) is 9.95. The second-order valence-corrected chi connectivity index (χ2v) is 6.26. The number of aromatic nitrogens is 2. The molecule has 96 valence electrons. The second-order valence-electron chi connectivity index (χ2n) is 3.60. The van der Waals surface area contributed by atoms with Gasteiger partial charge in [0.25, 0.3) is 0 Å². The van der Waals surface area contributed by atoms with Crippen LogP contribution in [0.4, 0.5) is 0 Å². The number of aryl methyl sites for hydroxylation is 1. The zero-order chi connectivity index (χ0) is 13.2. The van der Waals surface area contributed by atoms with Crippen molar-refractivity contribution in [2.45, 2.75) is 13.3 Å². The Bertz CT molecular complexity index is 636. The van der Waals surface area contributed by atoms with Gasteiger partial charge in [0.1, 0.15) is 5.01 Å². The van der Waals surface area contributed by atoms with Crippen molar-refractivity contribution in [3.63, 3.8) is 0 Å².